The topological polar surface area (TPSA) is 166 Å². The Morgan fingerprint density at radius 3 is 2.42 bits per heavy atom. The molecule has 1 heterocycles. The number of thioether (sulfide) groups is 1. The summed E-state index contributed by atoms with van der Waals surface area (Å²) in [4.78, 5) is 0. The predicted octanol–water partition coefficient (Wildman–Crippen LogP) is -1.25. The number of thiol groups is 1. The lowest BCUT2D eigenvalue weighted by Gasteiger charge is -2.39. The van der Waals surface area contributed by atoms with Crippen molar-refractivity contribution in [2.75, 3.05) is 12.4 Å². The molecule has 142 valence electrons. The van der Waals surface area contributed by atoms with Crippen molar-refractivity contribution < 1.29 is 42.4 Å². The molecule has 0 aromatic carbocycles. The van der Waals surface area contributed by atoms with Crippen LogP contribution >= 0.6 is 24.4 Å². The lowest BCUT2D eigenvalue weighted by Crippen LogP contribution is -2.57. The highest BCUT2D eigenvalue weighted by molar-refractivity contribution is 8.14. The standard InChI is InChI=1S/C11H21NO9S3/c13-5-6-8(14)9(15)10(16)11(20-6)23-7(3-1-2-4-22)12-21-24(17,18)19/h6,8-11,13-16,22H,1-5H2,(H,17,18,19)/b12-7-/t6-,8-,9+,10-,11+/m1/s1. The molecule has 0 amide bonds. The second-order valence-electron chi connectivity index (χ2n) is 4.98. The first-order valence-electron chi connectivity index (χ1n) is 7.00. The molecule has 5 N–H and O–H groups in total. The molecule has 1 aliphatic rings. The van der Waals surface area contributed by atoms with Crippen molar-refractivity contribution >= 4 is 39.8 Å². The van der Waals surface area contributed by atoms with Crippen molar-refractivity contribution in [2.45, 2.75) is 49.1 Å². The smallest absolute Gasteiger partial charge is 0.394 e. The van der Waals surface area contributed by atoms with Gasteiger partial charge in [-0.05, 0) is 25.0 Å². The van der Waals surface area contributed by atoms with Crippen LogP contribution in [0.5, 0.6) is 0 Å². The fourth-order valence-corrected chi connectivity index (χ4v) is 3.47. The quantitative estimate of drug-likeness (QED) is 0.0715. The summed E-state index contributed by atoms with van der Waals surface area (Å²) < 4.78 is 39.1. The van der Waals surface area contributed by atoms with Gasteiger partial charge in [-0.2, -0.15) is 21.0 Å². The highest BCUT2D eigenvalue weighted by Gasteiger charge is 2.44. The molecule has 0 radical (unpaired) electrons. The number of oxime groups is 1. The van der Waals surface area contributed by atoms with Crippen LogP contribution in [0.1, 0.15) is 19.3 Å². The van der Waals surface area contributed by atoms with Crippen LogP contribution in [0.15, 0.2) is 5.16 Å². The largest absolute Gasteiger partial charge is 0.466 e. The van der Waals surface area contributed by atoms with Gasteiger partial charge in [0.2, 0.25) is 0 Å². The first kappa shape index (κ1) is 21.9. The third-order valence-corrected chi connectivity index (χ3v) is 4.88. The molecule has 24 heavy (non-hydrogen) atoms. The zero-order valence-corrected chi connectivity index (χ0v) is 15.0. The average molecular weight is 407 g/mol. The lowest BCUT2D eigenvalue weighted by molar-refractivity contribution is -0.205. The highest BCUT2D eigenvalue weighted by atomic mass is 32.3. The Labute approximate surface area is 149 Å². The van der Waals surface area contributed by atoms with Gasteiger partial charge < -0.3 is 25.2 Å². The molecule has 5 atom stereocenters. The summed E-state index contributed by atoms with van der Waals surface area (Å²) in [7, 11) is -4.79. The van der Waals surface area contributed by atoms with Gasteiger partial charge in [0.15, 0.2) is 0 Å². The number of unbranched alkanes of at least 4 members (excludes halogenated alkanes) is 1. The zero-order chi connectivity index (χ0) is 18.3. The maximum absolute atomic E-state index is 10.6. The molecule has 0 unspecified atom stereocenters. The number of hydrogen-bond acceptors (Lipinski definition) is 11. The second kappa shape index (κ2) is 10.1. The van der Waals surface area contributed by atoms with Crippen molar-refractivity contribution in [3.8, 4) is 0 Å². The molecule has 1 fully saturated rings. The number of rotatable bonds is 8. The molecule has 1 rings (SSSR count). The number of aliphatic hydroxyl groups is 4. The molecule has 0 bridgehead atoms. The number of hydrogen-bond donors (Lipinski definition) is 6. The normalized spacial score (nSPS) is 31.9. The van der Waals surface area contributed by atoms with Crippen molar-refractivity contribution in [3.05, 3.63) is 0 Å². The maximum Gasteiger partial charge on any atom is 0.466 e. The van der Waals surface area contributed by atoms with Gasteiger partial charge in [0.25, 0.3) is 0 Å². The number of ether oxygens (including phenoxy) is 1. The van der Waals surface area contributed by atoms with E-state index < -0.39 is 46.9 Å². The summed E-state index contributed by atoms with van der Waals surface area (Å²) in [5.74, 6) is 0.594. The fourth-order valence-electron chi connectivity index (χ4n) is 1.90. The van der Waals surface area contributed by atoms with E-state index in [4.69, 9.17) is 14.4 Å². The zero-order valence-electron chi connectivity index (χ0n) is 12.5. The molecular formula is C11H21NO9S3. The van der Waals surface area contributed by atoms with Crippen LogP contribution < -0.4 is 0 Å². The average Bonchev–Trinajstić information content (AvgIpc) is 2.52. The van der Waals surface area contributed by atoms with Crippen LogP contribution in [-0.2, 0) is 19.4 Å². The summed E-state index contributed by atoms with van der Waals surface area (Å²) in [5.41, 5.74) is -1.12. The Kier molecular flexibility index (Phi) is 9.25. The minimum absolute atomic E-state index is 0.0822. The minimum Gasteiger partial charge on any atom is -0.394 e. The molecule has 0 saturated carbocycles. The molecule has 0 spiro atoms. The lowest BCUT2D eigenvalue weighted by atomic mass is 10.0. The Hall–Kier alpha value is -0.120. The van der Waals surface area contributed by atoms with Crippen LogP contribution in [0.25, 0.3) is 0 Å². The van der Waals surface area contributed by atoms with E-state index in [0.29, 0.717) is 18.6 Å². The van der Waals surface area contributed by atoms with E-state index in [1.54, 1.807) is 0 Å². The third-order valence-electron chi connectivity index (χ3n) is 3.13. The van der Waals surface area contributed by atoms with Crippen molar-refractivity contribution in [1.29, 1.82) is 0 Å². The summed E-state index contributed by atoms with van der Waals surface area (Å²) in [6, 6.07) is 0. The summed E-state index contributed by atoms with van der Waals surface area (Å²) in [6.07, 6.45) is -4.15. The van der Waals surface area contributed by atoms with Gasteiger partial charge in [-0.15, -0.1) is 0 Å². The van der Waals surface area contributed by atoms with E-state index >= 15 is 0 Å². The summed E-state index contributed by atoms with van der Waals surface area (Å²) >= 11 is 4.81. The van der Waals surface area contributed by atoms with E-state index in [1.165, 1.54) is 0 Å². The van der Waals surface area contributed by atoms with E-state index in [1.807, 2.05) is 0 Å². The molecule has 10 nitrogen and oxygen atoms in total. The Morgan fingerprint density at radius 1 is 1.21 bits per heavy atom. The van der Waals surface area contributed by atoms with Crippen LogP contribution in [-0.4, -0.2) is 80.7 Å². The molecule has 13 heteroatoms. The number of aliphatic hydroxyl groups excluding tert-OH is 4. The molecule has 1 aliphatic heterocycles. The minimum atomic E-state index is -4.79. The van der Waals surface area contributed by atoms with Gasteiger partial charge in [0.05, 0.1) is 6.61 Å². The first-order chi connectivity index (χ1) is 11.2. The van der Waals surface area contributed by atoms with Gasteiger partial charge in [0.1, 0.15) is 34.9 Å². The molecule has 0 aliphatic carbocycles. The maximum atomic E-state index is 10.6. The van der Waals surface area contributed by atoms with E-state index in [0.717, 1.165) is 11.8 Å². The van der Waals surface area contributed by atoms with Gasteiger partial charge in [-0.1, -0.05) is 16.9 Å². The Bertz CT molecular complexity index is 513. The fraction of sp³-hybridized carbons (Fsp3) is 0.909. The van der Waals surface area contributed by atoms with Gasteiger partial charge in [-0.25, -0.2) is 4.28 Å². The number of nitrogens with zero attached hydrogens (tertiary/aromatic N) is 1. The van der Waals surface area contributed by atoms with Crippen molar-refractivity contribution in [2.24, 2.45) is 5.16 Å². The van der Waals surface area contributed by atoms with Crippen molar-refractivity contribution in [1.82, 2.24) is 0 Å². The van der Waals surface area contributed by atoms with E-state index in [9.17, 15) is 23.7 Å². The Morgan fingerprint density at radius 2 is 1.88 bits per heavy atom. The monoisotopic (exact) mass is 407 g/mol. The highest BCUT2D eigenvalue weighted by Crippen LogP contribution is 2.30. The first-order valence-corrected chi connectivity index (χ1v) is 9.88. The molecule has 0 aromatic heterocycles. The summed E-state index contributed by atoms with van der Waals surface area (Å²) in [6.45, 7) is -0.588. The predicted molar refractivity (Wildman–Crippen MR) is 89.1 cm³/mol. The van der Waals surface area contributed by atoms with Crippen LogP contribution in [0.4, 0.5) is 0 Å². The van der Waals surface area contributed by atoms with Crippen molar-refractivity contribution in [3.63, 3.8) is 0 Å². The van der Waals surface area contributed by atoms with Gasteiger partial charge >= 0.3 is 10.4 Å². The molecule has 0 aromatic rings. The van der Waals surface area contributed by atoms with E-state index in [-0.39, 0.29) is 11.5 Å². The molecule has 1 saturated heterocycles. The third kappa shape index (κ3) is 7.01. The molecular weight excluding hydrogens is 386 g/mol. The van der Waals surface area contributed by atoms with Crippen LogP contribution in [0.3, 0.4) is 0 Å². The van der Waals surface area contributed by atoms with Crippen LogP contribution in [0, 0.1) is 0 Å². The van der Waals surface area contributed by atoms with Crippen LogP contribution in [0.2, 0.25) is 0 Å². The van der Waals surface area contributed by atoms with Gasteiger partial charge in [0, 0.05) is 0 Å². The Balaban J connectivity index is 2.82. The second-order valence-corrected chi connectivity index (χ2v) is 7.61. The summed E-state index contributed by atoms with van der Waals surface area (Å²) in [5, 5.41) is 41.9. The van der Waals surface area contributed by atoms with Gasteiger partial charge in [-0.3, -0.25) is 4.55 Å². The SMILES string of the molecule is O=S(=O)(O)O/N=C(/CCCCS)S[C@@H]1O[C@H](CO)[C@@H](O)[C@H](O)[C@H]1O. The van der Waals surface area contributed by atoms with E-state index in [2.05, 4.69) is 22.1 Å².